The van der Waals surface area contributed by atoms with Gasteiger partial charge in [0.1, 0.15) is 18.3 Å². The summed E-state index contributed by atoms with van der Waals surface area (Å²) in [7, 11) is 0. The number of aliphatic hydroxyl groups is 3. The van der Waals surface area contributed by atoms with E-state index in [-0.39, 0.29) is 6.61 Å². The maximum atomic E-state index is 9.51. The average Bonchev–Trinajstić information content (AvgIpc) is 2.04. The molecule has 3 N–H and O–H groups in total. The molecule has 1 fully saturated rings. The Labute approximate surface area is 83.3 Å². The Morgan fingerprint density at radius 2 is 1.71 bits per heavy atom. The lowest BCUT2D eigenvalue weighted by atomic mass is 10.1. The van der Waals surface area contributed by atoms with Gasteiger partial charge in [-0.2, -0.15) is 0 Å². The minimum Gasteiger partial charge on any atom is -0.388 e. The third-order valence-electron chi connectivity index (χ3n) is 1.92. The van der Waals surface area contributed by atoms with Crippen LogP contribution < -0.4 is 0 Å². The summed E-state index contributed by atoms with van der Waals surface area (Å²) >= 11 is 0. The zero-order chi connectivity index (χ0) is 10.9. The summed E-state index contributed by atoms with van der Waals surface area (Å²) in [5.41, 5.74) is -0.465. The average molecular weight is 206 g/mol. The van der Waals surface area contributed by atoms with Crippen LogP contribution in [0.5, 0.6) is 0 Å². The molecule has 0 aromatic rings. The molecule has 0 saturated carbocycles. The van der Waals surface area contributed by atoms with Crippen LogP contribution >= 0.6 is 0 Å². The molecule has 14 heavy (non-hydrogen) atoms. The van der Waals surface area contributed by atoms with Gasteiger partial charge in [0, 0.05) is 0 Å². The van der Waals surface area contributed by atoms with Crippen molar-refractivity contribution in [3.63, 3.8) is 0 Å². The number of aliphatic hydroxyl groups excluding tert-OH is 3. The minimum atomic E-state index is -1.21. The van der Waals surface area contributed by atoms with E-state index in [4.69, 9.17) is 9.47 Å². The summed E-state index contributed by atoms with van der Waals surface area (Å²) in [6, 6.07) is 0. The molecule has 1 aliphatic rings. The van der Waals surface area contributed by atoms with Gasteiger partial charge in [0.15, 0.2) is 6.29 Å². The summed E-state index contributed by atoms with van der Waals surface area (Å²) in [5.74, 6) is 0. The van der Waals surface area contributed by atoms with E-state index in [0.29, 0.717) is 0 Å². The van der Waals surface area contributed by atoms with Crippen molar-refractivity contribution in [3.8, 4) is 0 Å². The van der Waals surface area contributed by atoms with Crippen molar-refractivity contribution in [2.24, 2.45) is 0 Å². The molecule has 84 valence electrons. The van der Waals surface area contributed by atoms with Crippen LogP contribution in [-0.4, -0.2) is 52.1 Å². The Bertz CT molecular complexity index is 188. The van der Waals surface area contributed by atoms with Gasteiger partial charge in [-0.25, -0.2) is 0 Å². The van der Waals surface area contributed by atoms with Crippen LogP contribution in [0.2, 0.25) is 0 Å². The van der Waals surface area contributed by atoms with Crippen LogP contribution in [0.4, 0.5) is 0 Å². The molecule has 0 radical (unpaired) electrons. The van der Waals surface area contributed by atoms with Crippen LogP contribution in [0, 0.1) is 0 Å². The van der Waals surface area contributed by atoms with Crippen molar-refractivity contribution in [1.82, 2.24) is 0 Å². The third-order valence-corrected chi connectivity index (χ3v) is 1.92. The first-order valence-electron chi connectivity index (χ1n) is 4.65. The highest BCUT2D eigenvalue weighted by Crippen LogP contribution is 2.21. The predicted octanol–water partition coefficient (Wildman–Crippen LogP) is -0.760. The van der Waals surface area contributed by atoms with Crippen molar-refractivity contribution in [2.75, 3.05) is 6.61 Å². The van der Waals surface area contributed by atoms with Crippen molar-refractivity contribution >= 4 is 0 Å². The molecule has 5 heteroatoms. The van der Waals surface area contributed by atoms with Crippen LogP contribution in [0.15, 0.2) is 0 Å². The van der Waals surface area contributed by atoms with E-state index in [1.165, 1.54) is 0 Å². The molecular weight excluding hydrogens is 188 g/mol. The van der Waals surface area contributed by atoms with Crippen molar-refractivity contribution in [3.05, 3.63) is 0 Å². The zero-order valence-electron chi connectivity index (χ0n) is 8.67. The van der Waals surface area contributed by atoms with Crippen molar-refractivity contribution < 1.29 is 24.8 Å². The van der Waals surface area contributed by atoms with E-state index < -0.39 is 30.2 Å². The SMILES string of the molecule is CC(C)(C)O[C@@H]1OC[C@@H](O)C(O)[C@@H]1O. The minimum absolute atomic E-state index is 0.0288. The maximum Gasteiger partial charge on any atom is 0.186 e. The van der Waals surface area contributed by atoms with E-state index in [9.17, 15) is 15.3 Å². The van der Waals surface area contributed by atoms with Gasteiger partial charge >= 0.3 is 0 Å². The number of ether oxygens (including phenoxy) is 2. The molecule has 0 spiro atoms. The highest BCUT2D eigenvalue weighted by atomic mass is 16.7. The lowest BCUT2D eigenvalue weighted by Crippen LogP contribution is -2.55. The quantitative estimate of drug-likeness (QED) is 0.525. The van der Waals surface area contributed by atoms with E-state index in [2.05, 4.69) is 0 Å². The predicted molar refractivity (Wildman–Crippen MR) is 48.6 cm³/mol. The van der Waals surface area contributed by atoms with Gasteiger partial charge in [0.05, 0.1) is 12.2 Å². The highest BCUT2D eigenvalue weighted by molar-refractivity contribution is 4.83. The maximum absolute atomic E-state index is 9.51. The molecule has 1 unspecified atom stereocenters. The summed E-state index contributed by atoms with van der Waals surface area (Å²) in [6.45, 7) is 5.43. The topological polar surface area (TPSA) is 79.2 Å². The van der Waals surface area contributed by atoms with Gasteiger partial charge in [0.2, 0.25) is 0 Å². The molecular formula is C9H18O5. The molecule has 0 amide bonds. The van der Waals surface area contributed by atoms with Crippen molar-refractivity contribution in [1.29, 1.82) is 0 Å². The molecule has 4 atom stereocenters. The van der Waals surface area contributed by atoms with Gasteiger partial charge in [-0.15, -0.1) is 0 Å². The number of rotatable bonds is 1. The fourth-order valence-electron chi connectivity index (χ4n) is 1.23. The van der Waals surface area contributed by atoms with Crippen LogP contribution in [0.25, 0.3) is 0 Å². The molecule has 1 rings (SSSR count). The smallest absolute Gasteiger partial charge is 0.186 e. The lowest BCUT2D eigenvalue weighted by Gasteiger charge is -2.38. The van der Waals surface area contributed by atoms with Crippen LogP contribution in [-0.2, 0) is 9.47 Å². The largest absolute Gasteiger partial charge is 0.388 e. The Balaban J connectivity index is 2.55. The Morgan fingerprint density at radius 3 is 2.21 bits per heavy atom. The molecule has 0 aromatic carbocycles. The monoisotopic (exact) mass is 206 g/mol. The molecule has 1 aliphatic heterocycles. The van der Waals surface area contributed by atoms with Gasteiger partial charge in [0.25, 0.3) is 0 Å². The second kappa shape index (κ2) is 4.12. The highest BCUT2D eigenvalue weighted by Gasteiger charge is 2.39. The van der Waals surface area contributed by atoms with E-state index >= 15 is 0 Å². The van der Waals surface area contributed by atoms with Gasteiger partial charge in [-0.05, 0) is 20.8 Å². The van der Waals surface area contributed by atoms with E-state index in [1.54, 1.807) is 0 Å². The molecule has 0 bridgehead atoms. The summed E-state index contributed by atoms with van der Waals surface area (Å²) in [4.78, 5) is 0. The zero-order valence-corrected chi connectivity index (χ0v) is 8.67. The second-order valence-corrected chi connectivity index (χ2v) is 4.48. The first-order valence-corrected chi connectivity index (χ1v) is 4.65. The Hall–Kier alpha value is -0.200. The summed E-state index contributed by atoms with van der Waals surface area (Å²) in [5, 5.41) is 28.0. The molecule has 5 nitrogen and oxygen atoms in total. The van der Waals surface area contributed by atoms with E-state index in [1.807, 2.05) is 20.8 Å². The van der Waals surface area contributed by atoms with Crippen LogP contribution in [0.3, 0.4) is 0 Å². The van der Waals surface area contributed by atoms with E-state index in [0.717, 1.165) is 0 Å². The third kappa shape index (κ3) is 2.90. The standard InChI is InChI=1S/C9H18O5/c1-9(2,3)14-8-7(12)6(11)5(10)4-13-8/h5-8,10-12H,4H2,1-3H3/t5-,6?,7+,8+/m1/s1. The molecule has 0 aliphatic carbocycles. The summed E-state index contributed by atoms with van der Waals surface area (Å²) < 4.78 is 10.4. The second-order valence-electron chi connectivity index (χ2n) is 4.48. The lowest BCUT2D eigenvalue weighted by molar-refractivity contribution is -0.294. The molecule has 1 saturated heterocycles. The fourth-order valence-corrected chi connectivity index (χ4v) is 1.23. The molecule has 0 aromatic heterocycles. The normalized spacial score (nSPS) is 39.9. The number of hydrogen-bond acceptors (Lipinski definition) is 5. The molecule has 1 heterocycles. The fraction of sp³-hybridized carbons (Fsp3) is 1.00. The van der Waals surface area contributed by atoms with Gasteiger partial charge < -0.3 is 24.8 Å². The number of hydrogen-bond donors (Lipinski definition) is 3. The first kappa shape index (κ1) is 11.9. The van der Waals surface area contributed by atoms with Crippen LogP contribution in [0.1, 0.15) is 20.8 Å². The Morgan fingerprint density at radius 1 is 1.14 bits per heavy atom. The van der Waals surface area contributed by atoms with Crippen molar-refractivity contribution in [2.45, 2.75) is 51.0 Å². The van der Waals surface area contributed by atoms with Gasteiger partial charge in [-0.3, -0.25) is 0 Å². The van der Waals surface area contributed by atoms with Gasteiger partial charge in [-0.1, -0.05) is 0 Å². The Kier molecular flexibility index (Phi) is 3.49. The summed E-state index contributed by atoms with van der Waals surface area (Å²) in [6.07, 6.45) is -4.35. The first-order chi connectivity index (χ1) is 6.31.